The summed E-state index contributed by atoms with van der Waals surface area (Å²) in [4.78, 5) is 62.9. The fourth-order valence-corrected chi connectivity index (χ4v) is 4.26. The number of amides is 3. The minimum atomic E-state index is -1.34. The quantitative estimate of drug-likeness (QED) is 0.0601. The molecule has 0 aliphatic carbocycles. The van der Waals surface area contributed by atoms with E-state index >= 15 is 0 Å². The molecule has 1 aliphatic heterocycles. The Morgan fingerprint density at radius 1 is 1.09 bits per heavy atom. The molecule has 0 saturated heterocycles. The maximum absolute atomic E-state index is 13.0. The molecule has 16 nitrogen and oxygen atoms in total. The first-order valence-electron chi connectivity index (χ1n) is 13.7. The average Bonchev–Trinajstić information content (AvgIpc) is 3.54. The summed E-state index contributed by atoms with van der Waals surface area (Å²) in [7, 11) is 0. The molecule has 2 rings (SSSR count). The number of hydrogen-bond acceptors (Lipinski definition) is 9. The van der Waals surface area contributed by atoms with Crippen molar-refractivity contribution in [2.45, 2.75) is 64.1 Å². The molecule has 0 aromatic carbocycles. The van der Waals surface area contributed by atoms with Crippen LogP contribution < -0.4 is 27.4 Å². The smallest absolute Gasteiger partial charge is 0.339 e. The van der Waals surface area contributed by atoms with Gasteiger partial charge in [-0.1, -0.05) is 25.5 Å². The molecule has 43 heavy (non-hydrogen) atoms. The summed E-state index contributed by atoms with van der Waals surface area (Å²) in [6.45, 7) is 5.16. The van der Waals surface area contributed by atoms with Crippen molar-refractivity contribution < 1.29 is 43.7 Å². The van der Waals surface area contributed by atoms with E-state index in [0.29, 0.717) is 13.0 Å². The van der Waals surface area contributed by atoms with Gasteiger partial charge in [0.25, 0.3) is 0 Å². The van der Waals surface area contributed by atoms with Gasteiger partial charge in [0.05, 0.1) is 6.10 Å². The fraction of sp³-hybridized carbons (Fsp3) is 0.556. The van der Waals surface area contributed by atoms with E-state index in [-0.39, 0.29) is 61.4 Å². The lowest BCUT2D eigenvalue weighted by Gasteiger charge is -2.23. The first-order valence-corrected chi connectivity index (χ1v) is 13.7. The van der Waals surface area contributed by atoms with E-state index in [1.165, 1.54) is 6.92 Å². The summed E-state index contributed by atoms with van der Waals surface area (Å²) >= 11 is 0. The molecule has 0 spiro atoms. The molecule has 2 heterocycles. The van der Waals surface area contributed by atoms with Crippen LogP contribution in [0, 0.1) is 11.3 Å². The van der Waals surface area contributed by atoms with Crippen molar-refractivity contribution in [1.29, 1.82) is 5.41 Å². The van der Waals surface area contributed by atoms with Crippen LogP contribution in [0.4, 0.5) is 0 Å². The van der Waals surface area contributed by atoms with Crippen molar-refractivity contribution in [3.8, 4) is 0 Å². The van der Waals surface area contributed by atoms with Gasteiger partial charge in [-0.15, -0.1) is 0 Å². The highest BCUT2D eigenvalue weighted by molar-refractivity contribution is 5.91. The highest BCUT2D eigenvalue weighted by Gasteiger charge is 2.30. The number of aliphatic hydroxyl groups is 1. The fourth-order valence-electron chi connectivity index (χ4n) is 4.26. The van der Waals surface area contributed by atoms with Crippen molar-refractivity contribution >= 4 is 35.6 Å². The molecule has 1 aliphatic rings. The Balaban J connectivity index is 1.98. The van der Waals surface area contributed by atoms with E-state index in [1.54, 1.807) is 11.0 Å². The third-order valence-corrected chi connectivity index (χ3v) is 6.71. The number of aliphatic hydroxyl groups excluding tert-OH is 1. The second kappa shape index (κ2) is 15.7. The lowest BCUT2D eigenvalue weighted by atomic mass is 10.0. The number of carbonyl (C=O) groups excluding carboxylic acids is 3. The Kier molecular flexibility index (Phi) is 12.7. The molecule has 0 radical (unpaired) electrons. The lowest BCUT2D eigenvalue weighted by molar-refractivity contribution is -0.139. The number of hydrogen-bond donors (Lipinski definition) is 9. The molecule has 0 bridgehead atoms. The van der Waals surface area contributed by atoms with Gasteiger partial charge in [0.2, 0.25) is 17.7 Å². The molecule has 0 saturated carbocycles. The number of carbonyl (C=O) groups is 5. The minimum absolute atomic E-state index is 0.0586. The summed E-state index contributed by atoms with van der Waals surface area (Å²) in [6.07, 6.45) is 0.738. The third kappa shape index (κ3) is 10.4. The number of nitrogens with one attached hydrogen (secondary N) is 4. The van der Waals surface area contributed by atoms with Gasteiger partial charge in [-0.2, -0.15) is 0 Å². The van der Waals surface area contributed by atoms with E-state index in [4.69, 9.17) is 21.3 Å². The maximum Gasteiger partial charge on any atom is 0.339 e. The number of guanidine groups is 1. The summed E-state index contributed by atoms with van der Waals surface area (Å²) in [5.74, 6) is -5.93. The van der Waals surface area contributed by atoms with Gasteiger partial charge in [-0.05, 0) is 25.3 Å². The normalized spacial score (nSPS) is 15.7. The lowest BCUT2D eigenvalue weighted by Crippen LogP contribution is -2.54. The number of rotatable bonds is 16. The van der Waals surface area contributed by atoms with Crippen LogP contribution in [0.1, 0.15) is 61.4 Å². The van der Waals surface area contributed by atoms with Crippen LogP contribution in [0.15, 0.2) is 22.1 Å². The Morgan fingerprint density at radius 3 is 2.30 bits per heavy atom. The van der Waals surface area contributed by atoms with Crippen LogP contribution in [0.5, 0.6) is 0 Å². The third-order valence-electron chi connectivity index (χ3n) is 6.71. The average molecular weight is 608 g/mol. The predicted octanol–water partition coefficient (Wildman–Crippen LogP) is -1.31. The van der Waals surface area contributed by atoms with Crippen LogP contribution in [-0.4, -0.2) is 100 Å². The molecular weight excluding hydrogens is 566 g/mol. The van der Waals surface area contributed by atoms with Gasteiger partial charge in [0, 0.05) is 39.0 Å². The topological polar surface area (TPSA) is 274 Å². The van der Waals surface area contributed by atoms with Crippen LogP contribution in [-0.2, 0) is 25.6 Å². The van der Waals surface area contributed by atoms with E-state index < -0.39 is 53.8 Å². The summed E-state index contributed by atoms with van der Waals surface area (Å²) in [5.41, 5.74) is 11.8. The maximum atomic E-state index is 13.0. The molecule has 0 fully saturated rings. The van der Waals surface area contributed by atoms with Gasteiger partial charge in [0.1, 0.15) is 35.1 Å². The molecule has 11 N–H and O–H groups in total. The molecule has 3 amide bonds. The second-order valence-corrected chi connectivity index (χ2v) is 10.8. The molecule has 238 valence electrons. The number of aromatic carboxylic acids is 1. The van der Waals surface area contributed by atoms with E-state index in [2.05, 4.69) is 16.0 Å². The second-order valence-electron chi connectivity index (χ2n) is 10.8. The van der Waals surface area contributed by atoms with Gasteiger partial charge >= 0.3 is 11.9 Å². The Labute approximate surface area is 248 Å². The van der Waals surface area contributed by atoms with Crippen molar-refractivity contribution in [2.24, 2.45) is 17.4 Å². The highest BCUT2D eigenvalue weighted by atomic mass is 16.4. The molecule has 1 aromatic heterocycles. The van der Waals surface area contributed by atoms with Gasteiger partial charge in [0.15, 0.2) is 5.96 Å². The van der Waals surface area contributed by atoms with Crippen LogP contribution in [0.2, 0.25) is 0 Å². The number of aliphatic carboxylic acids is 1. The van der Waals surface area contributed by atoms with Crippen molar-refractivity contribution in [3.63, 3.8) is 0 Å². The standard InChI is InChI=1S/C27H41N7O9/c1-13(2)8-19-16(25(39)40)10-20(43-19)17(26(41)42)11-32-21(36)4-6-31-23(37)18(33-24(38)22(28)14(3)35)9-15-5-7-34(12-15)27(29)30/h5,10,13-14,17-18,22,35H,4,6-9,11-12,28H2,1-3H3,(H3,29,30)(H,31,37)(H,32,36)(H,33,38)(H,39,40)(H,41,42). The molecular formula is C27H41N7O9. The first kappa shape index (κ1) is 34.8. The molecule has 4 unspecified atom stereocenters. The number of nitrogens with zero attached hydrogens (tertiary/aromatic N) is 1. The van der Waals surface area contributed by atoms with E-state index in [0.717, 1.165) is 11.6 Å². The highest BCUT2D eigenvalue weighted by Crippen LogP contribution is 2.25. The van der Waals surface area contributed by atoms with E-state index in [9.17, 15) is 39.3 Å². The van der Waals surface area contributed by atoms with Gasteiger partial charge in [-0.25, -0.2) is 4.79 Å². The summed E-state index contributed by atoms with van der Waals surface area (Å²) in [6, 6.07) is -1.23. The Bertz CT molecular complexity index is 1240. The predicted molar refractivity (Wildman–Crippen MR) is 153 cm³/mol. The van der Waals surface area contributed by atoms with Gasteiger partial charge < -0.3 is 52.1 Å². The van der Waals surface area contributed by atoms with Crippen molar-refractivity contribution in [3.05, 3.63) is 34.8 Å². The van der Waals surface area contributed by atoms with E-state index in [1.807, 2.05) is 13.8 Å². The van der Waals surface area contributed by atoms with Crippen LogP contribution in [0.25, 0.3) is 0 Å². The monoisotopic (exact) mass is 607 g/mol. The largest absolute Gasteiger partial charge is 0.481 e. The number of nitrogens with two attached hydrogens (primary N) is 2. The molecule has 4 atom stereocenters. The summed E-state index contributed by atoms with van der Waals surface area (Å²) in [5, 5.41) is 43.8. The Morgan fingerprint density at radius 2 is 1.77 bits per heavy atom. The zero-order chi connectivity index (χ0) is 32.4. The first-order chi connectivity index (χ1) is 20.1. The van der Waals surface area contributed by atoms with Crippen molar-refractivity contribution in [1.82, 2.24) is 20.9 Å². The number of carboxylic acids is 2. The minimum Gasteiger partial charge on any atom is -0.481 e. The SMILES string of the molecule is CC(C)Cc1oc(C(CNC(=O)CCNC(=O)C(CC2=CCN(C(=N)N)C2)NC(=O)C(N)C(C)O)C(=O)O)cc1C(=O)O. The molecule has 16 heteroatoms. The van der Waals surface area contributed by atoms with Crippen molar-refractivity contribution in [2.75, 3.05) is 26.2 Å². The van der Waals surface area contributed by atoms with Crippen LogP contribution >= 0.6 is 0 Å². The van der Waals surface area contributed by atoms with Crippen LogP contribution in [0.3, 0.4) is 0 Å². The molecule has 1 aromatic rings. The van der Waals surface area contributed by atoms with Gasteiger partial charge in [-0.3, -0.25) is 24.6 Å². The zero-order valence-electron chi connectivity index (χ0n) is 24.4. The number of carboxylic acid groups (broad SMARTS) is 2. The zero-order valence-corrected chi connectivity index (χ0v) is 24.4. The summed E-state index contributed by atoms with van der Waals surface area (Å²) < 4.78 is 5.56. The Hall–Kier alpha value is -4.44. The number of furan rings is 1.